The fourth-order valence-electron chi connectivity index (χ4n) is 2.02. The van der Waals surface area contributed by atoms with Crippen LogP contribution in [0.2, 0.25) is 0 Å². The summed E-state index contributed by atoms with van der Waals surface area (Å²) in [5.74, 6) is -0.234. The summed E-state index contributed by atoms with van der Waals surface area (Å²) in [6.45, 7) is 4.03. The topological polar surface area (TPSA) is 76.1 Å². The van der Waals surface area contributed by atoms with Crippen LogP contribution in [0.1, 0.15) is 30.2 Å². The van der Waals surface area contributed by atoms with E-state index < -0.39 is 0 Å². The van der Waals surface area contributed by atoms with Crippen LogP contribution in [0.5, 0.6) is 0 Å². The van der Waals surface area contributed by atoms with Crippen molar-refractivity contribution >= 4 is 16.9 Å². The third-order valence-electron chi connectivity index (χ3n) is 2.87. The van der Waals surface area contributed by atoms with Gasteiger partial charge in [0.1, 0.15) is 6.73 Å². The average molecular weight is 263 g/mol. The molecule has 0 atom stereocenters. The Hall–Kier alpha value is -2.08. The van der Waals surface area contributed by atoms with Crippen molar-refractivity contribution < 1.29 is 9.53 Å². The summed E-state index contributed by atoms with van der Waals surface area (Å²) in [7, 11) is 1.50. The Morgan fingerprint density at radius 1 is 1.47 bits per heavy atom. The highest BCUT2D eigenvalue weighted by molar-refractivity contribution is 5.97. The third kappa shape index (κ3) is 2.53. The number of ether oxygens (including phenoxy) is 1. The van der Waals surface area contributed by atoms with Gasteiger partial charge in [-0.3, -0.25) is 9.36 Å². The van der Waals surface area contributed by atoms with Crippen LogP contribution in [0.3, 0.4) is 0 Å². The number of hydrogen-bond acceptors (Lipinski definition) is 3. The monoisotopic (exact) mass is 263 g/mol. The largest absolute Gasteiger partial charge is 0.364 e. The number of aromatic amines is 1. The minimum absolute atomic E-state index is 0.0643. The third-order valence-corrected chi connectivity index (χ3v) is 2.87. The van der Waals surface area contributed by atoms with Crippen LogP contribution in [0, 0.1) is 0 Å². The van der Waals surface area contributed by atoms with Gasteiger partial charge in [-0.05, 0) is 32.0 Å². The number of carbonyl (C=O) groups is 1. The first-order valence-electron chi connectivity index (χ1n) is 6.06. The number of nitrogens with zero attached hydrogens (tertiary/aromatic N) is 1. The second-order valence-electron chi connectivity index (χ2n) is 4.56. The van der Waals surface area contributed by atoms with Gasteiger partial charge in [0.25, 0.3) is 5.91 Å². The lowest BCUT2D eigenvalue weighted by atomic mass is 10.2. The van der Waals surface area contributed by atoms with Gasteiger partial charge in [-0.2, -0.15) is 0 Å². The van der Waals surface area contributed by atoms with Crippen molar-refractivity contribution in [2.45, 2.75) is 19.9 Å². The fraction of sp³-hybridized carbons (Fsp3) is 0.385. The Labute approximate surface area is 110 Å². The Balaban J connectivity index is 2.42. The van der Waals surface area contributed by atoms with Crippen molar-refractivity contribution in [2.24, 2.45) is 0 Å². The summed E-state index contributed by atoms with van der Waals surface area (Å²) < 4.78 is 6.44. The second kappa shape index (κ2) is 5.27. The molecule has 2 rings (SSSR count). The number of carbonyl (C=O) groups excluding carboxylic acids is 1. The SMILES string of the molecule is COCNC(=O)c1ccc2c(c1)[nH]c(=O)n2C(C)C. The molecule has 6 nitrogen and oxygen atoms in total. The maximum Gasteiger partial charge on any atom is 0.326 e. The summed E-state index contributed by atoms with van der Waals surface area (Å²) in [5.41, 5.74) is 1.77. The standard InChI is InChI=1S/C13H17N3O3/c1-8(2)16-11-5-4-9(12(17)14-7-19-3)6-10(11)15-13(16)18/h4-6,8H,7H2,1-3H3,(H,14,17)(H,15,18). The highest BCUT2D eigenvalue weighted by Gasteiger charge is 2.12. The molecule has 1 aromatic heterocycles. The smallest absolute Gasteiger partial charge is 0.326 e. The first-order valence-corrected chi connectivity index (χ1v) is 6.06. The number of nitrogens with one attached hydrogen (secondary N) is 2. The van der Waals surface area contributed by atoms with Crippen LogP contribution in [0.25, 0.3) is 11.0 Å². The zero-order valence-corrected chi connectivity index (χ0v) is 11.2. The first kappa shape index (κ1) is 13.4. The molecule has 0 saturated carbocycles. The highest BCUT2D eigenvalue weighted by atomic mass is 16.5. The Bertz CT molecular complexity index is 655. The van der Waals surface area contributed by atoms with Gasteiger partial charge in [0, 0.05) is 18.7 Å². The molecule has 1 heterocycles. The lowest BCUT2D eigenvalue weighted by molar-refractivity contribution is 0.0872. The van der Waals surface area contributed by atoms with Gasteiger partial charge in [-0.1, -0.05) is 0 Å². The van der Waals surface area contributed by atoms with E-state index in [0.29, 0.717) is 11.1 Å². The number of H-pyrrole nitrogens is 1. The molecule has 0 bridgehead atoms. The van der Waals surface area contributed by atoms with E-state index in [-0.39, 0.29) is 24.4 Å². The molecule has 0 radical (unpaired) electrons. The second-order valence-corrected chi connectivity index (χ2v) is 4.56. The van der Waals surface area contributed by atoms with E-state index in [2.05, 4.69) is 10.3 Å². The number of hydrogen-bond donors (Lipinski definition) is 2. The average Bonchev–Trinajstić information content (AvgIpc) is 2.70. The van der Waals surface area contributed by atoms with Crippen molar-refractivity contribution in [3.63, 3.8) is 0 Å². The molecule has 0 aliphatic heterocycles. The summed E-state index contributed by atoms with van der Waals surface area (Å²) >= 11 is 0. The summed E-state index contributed by atoms with van der Waals surface area (Å²) in [6.07, 6.45) is 0. The fourth-order valence-corrected chi connectivity index (χ4v) is 2.02. The maximum atomic E-state index is 11.8. The van der Waals surface area contributed by atoms with Crippen molar-refractivity contribution in [1.29, 1.82) is 0 Å². The zero-order chi connectivity index (χ0) is 14.0. The van der Waals surface area contributed by atoms with Gasteiger partial charge >= 0.3 is 5.69 Å². The predicted molar refractivity (Wildman–Crippen MR) is 72.3 cm³/mol. The van der Waals surface area contributed by atoms with E-state index in [1.54, 1.807) is 22.8 Å². The molecule has 0 aliphatic rings. The molecule has 1 amide bonds. The maximum absolute atomic E-state index is 11.8. The minimum Gasteiger partial charge on any atom is -0.364 e. The number of rotatable bonds is 4. The van der Waals surface area contributed by atoms with Crippen LogP contribution in [-0.4, -0.2) is 29.3 Å². The van der Waals surface area contributed by atoms with Gasteiger partial charge in [0.2, 0.25) is 0 Å². The summed E-state index contributed by atoms with van der Waals surface area (Å²) in [4.78, 5) is 26.4. The van der Waals surface area contributed by atoms with E-state index >= 15 is 0 Å². The number of imidazole rings is 1. The van der Waals surface area contributed by atoms with Crippen LogP contribution >= 0.6 is 0 Å². The molecule has 2 aromatic rings. The highest BCUT2D eigenvalue weighted by Crippen LogP contribution is 2.16. The number of fused-ring (bicyclic) bond motifs is 1. The van der Waals surface area contributed by atoms with Crippen LogP contribution in [-0.2, 0) is 4.74 Å². The Morgan fingerprint density at radius 2 is 2.21 bits per heavy atom. The number of methoxy groups -OCH3 is 1. The molecule has 2 N–H and O–H groups in total. The molecule has 102 valence electrons. The number of benzene rings is 1. The quantitative estimate of drug-likeness (QED) is 0.815. The van der Waals surface area contributed by atoms with E-state index in [1.165, 1.54) is 7.11 Å². The van der Waals surface area contributed by atoms with Gasteiger partial charge in [0.15, 0.2) is 0 Å². The Kier molecular flexibility index (Phi) is 3.71. The summed E-state index contributed by atoms with van der Waals surface area (Å²) in [6, 6.07) is 5.20. The van der Waals surface area contributed by atoms with Crippen molar-refractivity contribution in [1.82, 2.24) is 14.9 Å². The molecular formula is C13H17N3O3. The van der Waals surface area contributed by atoms with Gasteiger partial charge in [0.05, 0.1) is 11.0 Å². The zero-order valence-electron chi connectivity index (χ0n) is 11.2. The van der Waals surface area contributed by atoms with Crippen molar-refractivity contribution in [3.05, 3.63) is 34.2 Å². The Morgan fingerprint density at radius 3 is 2.84 bits per heavy atom. The van der Waals surface area contributed by atoms with Crippen LogP contribution in [0.4, 0.5) is 0 Å². The summed E-state index contributed by atoms with van der Waals surface area (Å²) in [5, 5.41) is 2.60. The molecule has 0 spiro atoms. The minimum atomic E-state index is -0.234. The number of amides is 1. The molecule has 0 aliphatic carbocycles. The molecule has 1 aromatic carbocycles. The number of aromatic nitrogens is 2. The van der Waals surface area contributed by atoms with E-state index in [4.69, 9.17) is 4.74 Å². The van der Waals surface area contributed by atoms with E-state index in [1.807, 2.05) is 13.8 Å². The molecule has 0 unspecified atom stereocenters. The molecule has 6 heteroatoms. The van der Waals surface area contributed by atoms with Crippen LogP contribution in [0.15, 0.2) is 23.0 Å². The molecule has 0 fully saturated rings. The van der Waals surface area contributed by atoms with Crippen LogP contribution < -0.4 is 11.0 Å². The lowest BCUT2D eigenvalue weighted by Gasteiger charge is -2.07. The normalized spacial score (nSPS) is 11.2. The molecule has 19 heavy (non-hydrogen) atoms. The lowest BCUT2D eigenvalue weighted by Crippen LogP contribution is -2.25. The van der Waals surface area contributed by atoms with Crippen molar-refractivity contribution in [2.75, 3.05) is 13.8 Å². The molecular weight excluding hydrogens is 246 g/mol. The van der Waals surface area contributed by atoms with E-state index in [0.717, 1.165) is 5.52 Å². The molecule has 0 saturated heterocycles. The first-order chi connectivity index (χ1) is 9.04. The van der Waals surface area contributed by atoms with E-state index in [9.17, 15) is 9.59 Å². The van der Waals surface area contributed by atoms with Crippen molar-refractivity contribution in [3.8, 4) is 0 Å². The van der Waals surface area contributed by atoms with Gasteiger partial charge in [-0.25, -0.2) is 4.79 Å². The predicted octanol–water partition coefficient (Wildman–Crippen LogP) is 1.24. The van der Waals surface area contributed by atoms with Gasteiger partial charge in [-0.15, -0.1) is 0 Å². The van der Waals surface area contributed by atoms with Gasteiger partial charge < -0.3 is 15.0 Å².